The molecule has 10 heteroatoms. The largest absolute Gasteiger partial charge is 0.467 e. The zero-order valence-corrected chi connectivity index (χ0v) is 16.7. The van der Waals surface area contributed by atoms with Crippen LogP contribution in [0.4, 0.5) is 9.93 Å². The Kier molecular flexibility index (Phi) is 7.04. The third kappa shape index (κ3) is 6.10. The lowest BCUT2D eigenvalue weighted by Gasteiger charge is -2.10. The Morgan fingerprint density at radius 1 is 1.14 bits per heavy atom. The number of urea groups is 1. The van der Waals surface area contributed by atoms with Crippen LogP contribution in [0, 0.1) is 0 Å². The summed E-state index contributed by atoms with van der Waals surface area (Å²) in [7, 11) is 0. The summed E-state index contributed by atoms with van der Waals surface area (Å²) < 4.78 is 5.87. The molecule has 1 aromatic carbocycles. The Morgan fingerprint density at radius 2 is 1.96 bits per heavy atom. The molecule has 3 rings (SSSR count). The average Bonchev–Trinajstić information content (AvgIpc) is 3.37. The zero-order valence-electron chi connectivity index (χ0n) is 15.0. The quantitative estimate of drug-likeness (QED) is 0.483. The van der Waals surface area contributed by atoms with Gasteiger partial charge in [0.05, 0.1) is 18.1 Å². The molecular formula is C18H19N5O3S2. The highest BCUT2D eigenvalue weighted by atomic mass is 32.2. The number of nitrogens with zero attached hydrogens (tertiary/aromatic N) is 2. The van der Waals surface area contributed by atoms with Crippen molar-refractivity contribution in [2.24, 2.45) is 0 Å². The predicted octanol–water partition coefficient (Wildman–Crippen LogP) is 3.25. The Balaban J connectivity index is 1.41. The maximum absolute atomic E-state index is 12.2. The summed E-state index contributed by atoms with van der Waals surface area (Å²) in [5.74, 6) is 0.398. The van der Waals surface area contributed by atoms with E-state index in [4.69, 9.17) is 4.42 Å². The minimum Gasteiger partial charge on any atom is -0.467 e. The molecular weight excluding hydrogens is 398 g/mol. The number of imide groups is 1. The third-order valence-corrected chi connectivity index (χ3v) is 5.65. The Hall–Kier alpha value is -2.85. The molecule has 0 aliphatic heterocycles. The standard InChI is InChI=1S/C18H19N5O3S2/c1-12(15(24)21-16(25)19-10-13-6-3-2-4-7-13)27-18-23-22-17(28-18)20-11-14-8-5-9-26-14/h2-9,12H,10-11H2,1H3,(H,20,22)(H2,19,21,24,25)/t12-/m1/s1. The van der Waals surface area contributed by atoms with Crippen LogP contribution in [0.2, 0.25) is 0 Å². The second-order valence-corrected chi connectivity index (χ2v) is 8.29. The van der Waals surface area contributed by atoms with E-state index in [2.05, 4.69) is 26.1 Å². The molecule has 8 nitrogen and oxygen atoms in total. The normalized spacial score (nSPS) is 11.6. The summed E-state index contributed by atoms with van der Waals surface area (Å²) in [4.78, 5) is 24.1. The molecule has 0 saturated heterocycles. The maximum Gasteiger partial charge on any atom is 0.321 e. The molecule has 0 bridgehead atoms. The lowest BCUT2D eigenvalue weighted by atomic mass is 10.2. The number of carbonyl (C=O) groups excluding carboxylic acids is 2. The summed E-state index contributed by atoms with van der Waals surface area (Å²) >= 11 is 2.58. The van der Waals surface area contributed by atoms with Gasteiger partial charge in [0.2, 0.25) is 11.0 Å². The lowest BCUT2D eigenvalue weighted by molar-refractivity contribution is -0.119. The van der Waals surface area contributed by atoms with Crippen molar-refractivity contribution in [3.8, 4) is 0 Å². The van der Waals surface area contributed by atoms with E-state index in [0.717, 1.165) is 11.3 Å². The fraction of sp³-hybridized carbons (Fsp3) is 0.222. The van der Waals surface area contributed by atoms with Crippen LogP contribution in [-0.2, 0) is 17.9 Å². The highest BCUT2D eigenvalue weighted by molar-refractivity contribution is 8.02. The van der Waals surface area contributed by atoms with Gasteiger partial charge >= 0.3 is 6.03 Å². The second-order valence-electron chi connectivity index (χ2n) is 5.72. The number of anilines is 1. The van der Waals surface area contributed by atoms with Crippen LogP contribution in [0.1, 0.15) is 18.2 Å². The van der Waals surface area contributed by atoms with Crippen molar-refractivity contribution in [1.29, 1.82) is 0 Å². The molecule has 0 fully saturated rings. The number of thioether (sulfide) groups is 1. The van der Waals surface area contributed by atoms with E-state index in [1.54, 1.807) is 13.2 Å². The molecule has 0 unspecified atom stereocenters. The second kappa shape index (κ2) is 9.90. The third-order valence-electron chi connectivity index (χ3n) is 3.58. The van der Waals surface area contributed by atoms with Crippen molar-refractivity contribution in [3.63, 3.8) is 0 Å². The smallest absolute Gasteiger partial charge is 0.321 e. The van der Waals surface area contributed by atoms with E-state index >= 15 is 0 Å². The van der Waals surface area contributed by atoms with Crippen molar-refractivity contribution in [2.45, 2.75) is 29.6 Å². The first-order chi connectivity index (χ1) is 13.6. The van der Waals surface area contributed by atoms with E-state index < -0.39 is 17.2 Å². The molecule has 3 amide bonds. The highest BCUT2D eigenvalue weighted by Gasteiger charge is 2.19. The van der Waals surface area contributed by atoms with Crippen LogP contribution in [0.15, 0.2) is 57.5 Å². The number of hydrogen-bond donors (Lipinski definition) is 3. The van der Waals surface area contributed by atoms with Gasteiger partial charge in [0, 0.05) is 6.54 Å². The van der Waals surface area contributed by atoms with E-state index in [1.807, 2.05) is 42.5 Å². The fourth-order valence-corrected chi connectivity index (χ4v) is 4.04. The van der Waals surface area contributed by atoms with Crippen LogP contribution in [0.25, 0.3) is 0 Å². The molecule has 0 saturated carbocycles. The Morgan fingerprint density at radius 3 is 2.71 bits per heavy atom. The van der Waals surface area contributed by atoms with Gasteiger partial charge in [-0.15, -0.1) is 10.2 Å². The van der Waals surface area contributed by atoms with Crippen molar-refractivity contribution >= 4 is 40.2 Å². The first kappa shape index (κ1) is 19.9. The molecule has 146 valence electrons. The molecule has 3 N–H and O–H groups in total. The molecule has 2 aromatic heterocycles. The minimum absolute atomic E-state index is 0.350. The van der Waals surface area contributed by atoms with Crippen LogP contribution in [0.5, 0.6) is 0 Å². The van der Waals surface area contributed by atoms with Gasteiger partial charge in [-0.1, -0.05) is 53.4 Å². The molecule has 1 atom stereocenters. The Labute approximate surface area is 170 Å². The molecule has 3 aromatic rings. The summed E-state index contributed by atoms with van der Waals surface area (Å²) in [6.07, 6.45) is 1.61. The maximum atomic E-state index is 12.2. The molecule has 2 heterocycles. The van der Waals surface area contributed by atoms with Crippen molar-refractivity contribution in [2.75, 3.05) is 5.32 Å². The van der Waals surface area contributed by atoms with Gasteiger partial charge in [-0.25, -0.2) is 4.79 Å². The Bertz CT molecular complexity index is 899. The molecule has 28 heavy (non-hydrogen) atoms. The fourth-order valence-electron chi connectivity index (χ4n) is 2.15. The molecule has 0 spiro atoms. The first-order valence-corrected chi connectivity index (χ1v) is 10.2. The highest BCUT2D eigenvalue weighted by Crippen LogP contribution is 2.29. The molecule has 0 aliphatic carbocycles. The number of carbonyl (C=O) groups is 2. The number of amides is 3. The monoisotopic (exact) mass is 417 g/mol. The minimum atomic E-state index is -0.528. The summed E-state index contributed by atoms with van der Waals surface area (Å²) in [6.45, 7) is 2.56. The number of nitrogens with one attached hydrogen (secondary N) is 3. The zero-order chi connectivity index (χ0) is 19.8. The topological polar surface area (TPSA) is 109 Å². The summed E-state index contributed by atoms with van der Waals surface area (Å²) in [5.41, 5.74) is 0.955. The van der Waals surface area contributed by atoms with Gasteiger partial charge in [0.1, 0.15) is 5.76 Å². The van der Waals surface area contributed by atoms with Gasteiger partial charge < -0.3 is 15.1 Å². The van der Waals surface area contributed by atoms with Crippen LogP contribution in [0.3, 0.4) is 0 Å². The van der Waals surface area contributed by atoms with Gasteiger partial charge in [0.25, 0.3) is 0 Å². The van der Waals surface area contributed by atoms with Crippen LogP contribution >= 0.6 is 23.1 Å². The molecule has 0 radical (unpaired) electrons. The number of furan rings is 1. The van der Waals surface area contributed by atoms with E-state index in [9.17, 15) is 9.59 Å². The van der Waals surface area contributed by atoms with E-state index in [1.165, 1.54) is 23.1 Å². The number of rotatable bonds is 8. The van der Waals surface area contributed by atoms with E-state index in [0.29, 0.717) is 22.6 Å². The number of aromatic nitrogens is 2. The van der Waals surface area contributed by atoms with Crippen LogP contribution in [-0.4, -0.2) is 27.4 Å². The SMILES string of the molecule is C[C@@H](Sc1nnc(NCc2ccco2)s1)C(=O)NC(=O)NCc1ccccc1. The summed E-state index contributed by atoms with van der Waals surface area (Å²) in [6, 6.07) is 12.6. The van der Waals surface area contributed by atoms with Crippen molar-refractivity contribution < 1.29 is 14.0 Å². The number of benzene rings is 1. The average molecular weight is 418 g/mol. The van der Waals surface area contributed by atoms with Gasteiger partial charge in [-0.3, -0.25) is 10.1 Å². The summed E-state index contributed by atoms with van der Waals surface area (Å²) in [5, 5.41) is 16.3. The van der Waals surface area contributed by atoms with Gasteiger partial charge in [-0.2, -0.15) is 0 Å². The predicted molar refractivity (Wildman–Crippen MR) is 108 cm³/mol. The van der Waals surface area contributed by atoms with Gasteiger partial charge in [0.15, 0.2) is 4.34 Å². The van der Waals surface area contributed by atoms with Gasteiger partial charge in [-0.05, 0) is 24.6 Å². The number of hydrogen-bond acceptors (Lipinski definition) is 8. The van der Waals surface area contributed by atoms with Crippen molar-refractivity contribution in [3.05, 3.63) is 60.1 Å². The first-order valence-electron chi connectivity index (χ1n) is 8.49. The molecule has 0 aliphatic rings. The van der Waals surface area contributed by atoms with Crippen molar-refractivity contribution in [1.82, 2.24) is 20.8 Å². The lowest BCUT2D eigenvalue weighted by Crippen LogP contribution is -2.42. The van der Waals surface area contributed by atoms with E-state index in [-0.39, 0.29) is 0 Å². The van der Waals surface area contributed by atoms with Crippen LogP contribution < -0.4 is 16.0 Å².